The number of amides is 1. The molecule has 0 aliphatic carbocycles. The van der Waals surface area contributed by atoms with E-state index in [9.17, 15) is 4.79 Å². The second kappa shape index (κ2) is 6.33. The fourth-order valence-electron chi connectivity index (χ4n) is 2.43. The van der Waals surface area contributed by atoms with Crippen LogP contribution >= 0.6 is 35.6 Å². The molecule has 2 rings (SSSR count). The smallest absolute Gasteiger partial charge is 0.255 e. The normalized spacial score (nSPS) is 17.8. The fourth-order valence-corrected chi connectivity index (χ4v) is 3.89. The average molecular weight is 329 g/mol. The van der Waals surface area contributed by atoms with Crippen molar-refractivity contribution >= 4 is 46.5 Å². The lowest BCUT2D eigenvalue weighted by Crippen LogP contribution is -2.50. The van der Waals surface area contributed by atoms with Gasteiger partial charge < -0.3 is 10.6 Å². The molecule has 1 aromatic rings. The monoisotopic (exact) mass is 328 g/mol. The van der Waals surface area contributed by atoms with Crippen molar-refractivity contribution in [2.75, 3.05) is 19.3 Å². The molecule has 1 fully saturated rings. The van der Waals surface area contributed by atoms with Crippen molar-refractivity contribution < 1.29 is 4.79 Å². The molecule has 1 aliphatic rings. The zero-order valence-corrected chi connectivity index (χ0v) is 13.7. The van der Waals surface area contributed by atoms with Gasteiger partial charge in [0.05, 0.1) is 20.3 Å². The Morgan fingerprint density at radius 2 is 2.00 bits per heavy atom. The lowest BCUT2D eigenvalue weighted by molar-refractivity contribution is 0.0719. The van der Waals surface area contributed by atoms with E-state index in [0.717, 1.165) is 12.8 Å². The summed E-state index contributed by atoms with van der Waals surface area (Å²) >= 11 is 12.9. The molecule has 0 unspecified atom stereocenters. The number of nitrogens with zero attached hydrogens (tertiary/aromatic N) is 1. The van der Waals surface area contributed by atoms with Gasteiger partial charge >= 0.3 is 0 Å². The Labute approximate surface area is 133 Å². The van der Waals surface area contributed by atoms with Gasteiger partial charge in [-0.2, -0.15) is 11.8 Å². The van der Waals surface area contributed by atoms with E-state index < -0.39 is 0 Å². The van der Waals surface area contributed by atoms with Crippen molar-refractivity contribution in [3.63, 3.8) is 0 Å². The summed E-state index contributed by atoms with van der Waals surface area (Å²) in [7, 11) is 0. The molecule has 3 nitrogen and oxygen atoms in total. The Bertz CT molecular complexity index is 528. The predicted molar refractivity (Wildman–Crippen MR) is 89.6 cm³/mol. The molecule has 20 heavy (non-hydrogen) atoms. The largest absolute Gasteiger partial charge is 0.392 e. The maximum atomic E-state index is 12.5. The van der Waals surface area contributed by atoms with Crippen molar-refractivity contribution in [2.45, 2.75) is 17.6 Å². The average Bonchev–Trinajstić information content (AvgIpc) is 2.47. The number of thiocarbonyl (C=S) groups is 1. The van der Waals surface area contributed by atoms with Crippen LogP contribution in [-0.4, -0.2) is 39.9 Å². The third-order valence-electron chi connectivity index (χ3n) is 3.80. The molecule has 1 amide bonds. The minimum absolute atomic E-state index is 0.0201. The quantitative estimate of drug-likeness (QED) is 0.867. The predicted octanol–water partition coefficient (Wildman–Crippen LogP) is 2.96. The zero-order valence-electron chi connectivity index (χ0n) is 11.3. The topological polar surface area (TPSA) is 46.3 Å². The van der Waals surface area contributed by atoms with Crippen LogP contribution in [0.5, 0.6) is 0 Å². The number of likely N-dealkylation sites (tertiary alicyclic amines) is 1. The molecule has 0 bridgehead atoms. The first kappa shape index (κ1) is 15.6. The van der Waals surface area contributed by atoms with E-state index >= 15 is 0 Å². The van der Waals surface area contributed by atoms with Crippen LogP contribution in [0.15, 0.2) is 24.3 Å². The number of carbonyl (C=O) groups excluding carboxylic acids is 1. The highest BCUT2D eigenvalue weighted by atomic mass is 35.5. The van der Waals surface area contributed by atoms with Gasteiger partial charge in [-0.15, -0.1) is 0 Å². The second-order valence-corrected chi connectivity index (χ2v) is 6.87. The third kappa shape index (κ3) is 2.95. The molecule has 0 aromatic heterocycles. The van der Waals surface area contributed by atoms with Crippen LogP contribution in [0.25, 0.3) is 0 Å². The van der Waals surface area contributed by atoms with Gasteiger partial charge in [0.1, 0.15) is 0 Å². The van der Waals surface area contributed by atoms with E-state index in [1.807, 2.05) is 23.3 Å². The Balaban J connectivity index is 2.10. The van der Waals surface area contributed by atoms with Gasteiger partial charge in [0.2, 0.25) is 0 Å². The molecule has 108 valence electrons. The van der Waals surface area contributed by atoms with E-state index in [1.54, 1.807) is 23.9 Å². The number of rotatable bonds is 3. The Hall–Kier alpha value is -0.780. The van der Waals surface area contributed by atoms with Crippen molar-refractivity contribution in [1.82, 2.24) is 4.90 Å². The summed E-state index contributed by atoms with van der Waals surface area (Å²) in [5.74, 6) is -0.0201. The standard InChI is InChI=1S/C14H17ClN2OS2/c1-20-14(13(16)19)6-8-17(9-7-14)12(18)10-4-2-3-5-11(10)15/h2-5H,6-9H2,1H3,(H2,16,19). The van der Waals surface area contributed by atoms with E-state index in [0.29, 0.717) is 28.7 Å². The second-order valence-electron chi connectivity index (χ2n) is 4.83. The molecule has 1 aliphatic heterocycles. The summed E-state index contributed by atoms with van der Waals surface area (Å²) in [4.78, 5) is 14.8. The SMILES string of the molecule is CSC1(C(N)=S)CCN(C(=O)c2ccccc2Cl)CC1. The van der Waals surface area contributed by atoms with Gasteiger partial charge in [-0.05, 0) is 31.2 Å². The van der Waals surface area contributed by atoms with Gasteiger partial charge in [0, 0.05) is 13.1 Å². The maximum Gasteiger partial charge on any atom is 0.255 e. The van der Waals surface area contributed by atoms with E-state index in [1.165, 1.54) is 0 Å². The lowest BCUT2D eigenvalue weighted by atomic mass is 9.95. The van der Waals surface area contributed by atoms with Crippen LogP contribution in [0.3, 0.4) is 0 Å². The molecule has 0 atom stereocenters. The van der Waals surface area contributed by atoms with Gasteiger partial charge in [0.25, 0.3) is 5.91 Å². The van der Waals surface area contributed by atoms with E-state index in [2.05, 4.69) is 0 Å². The fraction of sp³-hybridized carbons (Fsp3) is 0.429. The van der Waals surface area contributed by atoms with Gasteiger partial charge in [-0.3, -0.25) is 4.79 Å². The van der Waals surface area contributed by atoms with Crippen molar-refractivity contribution in [3.05, 3.63) is 34.9 Å². The Morgan fingerprint density at radius 3 is 2.50 bits per heavy atom. The molecule has 1 saturated heterocycles. The van der Waals surface area contributed by atoms with Crippen LogP contribution in [0.2, 0.25) is 5.02 Å². The van der Waals surface area contributed by atoms with Crippen LogP contribution < -0.4 is 5.73 Å². The van der Waals surface area contributed by atoms with Gasteiger partial charge in [0.15, 0.2) is 0 Å². The Morgan fingerprint density at radius 1 is 1.40 bits per heavy atom. The molecular weight excluding hydrogens is 312 g/mol. The number of benzene rings is 1. The third-order valence-corrected chi connectivity index (χ3v) is 6.06. The first-order chi connectivity index (χ1) is 9.50. The first-order valence-electron chi connectivity index (χ1n) is 6.39. The molecule has 1 heterocycles. The lowest BCUT2D eigenvalue weighted by Gasteiger charge is -2.40. The molecule has 1 aromatic carbocycles. The Kier molecular flexibility index (Phi) is 4.94. The molecule has 0 saturated carbocycles. The van der Waals surface area contributed by atoms with Crippen LogP contribution in [-0.2, 0) is 0 Å². The van der Waals surface area contributed by atoms with Crippen LogP contribution in [0.1, 0.15) is 23.2 Å². The minimum atomic E-state index is -0.174. The molecule has 0 spiro atoms. The van der Waals surface area contributed by atoms with Gasteiger partial charge in [-0.1, -0.05) is 36.0 Å². The number of nitrogens with two attached hydrogens (primary N) is 1. The molecular formula is C14H17ClN2OS2. The van der Waals surface area contributed by atoms with Crippen LogP contribution in [0.4, 0.5) is 0 Å². The van der Waals surface area contributed by atoms with Crippen molar-refractivity contribution in [3.8, 4) is 0 Å². The molecule has 0 radical (unpaired) electrons. The highest BCUT2D eigenvalue weighted by Gasteiger charge is 2.38. The maximum absolute atomic E-state index is 12.5. The summed E-state index contributed by atoms with van der Waals surface area (Å²) < 4.78 is -0.174. The van der Waals surface area contributed by atoms with Crippen LogP contribution in [0, 0.1) is 0 Å². The number of carbonyl (C=O) groups is 1. The summed E-state index contributed by atoms with van der Waals surface area (Å²) in [5.41, 5.74) is 6.41. The summed E-state index contributed by atoms with van der Waals surface area (Å²) in [6.45, 7) is 1.31. The molecule has 6 heteroatoms. The molecule has 2 N–H and O–H groups in total. The number of hydrogen-bond acceptors (Lipinski definition) is 3. The number of thioether (sulfide) groups is 1. The summed E-state index contributed by atoms with van der Waals surface area (Å²) in [6.07, 6.45) is 3.60. The first-order valence-corrected chi connectivity index (χ1v) is 8.40. The zero-order chi connectivity index (χ0) is 14.8. The van der Waals surface area contributed by atoms with Gasteiger partial charge in [-0.25, -0.2) is 0 Å². The number of piperidine rings is 1. The van der Waals surface area contributed by atoms with E-state index in [4.69, 9.17) is 29.6 Å². The minimum Gasteiger partial charge on any atom is -0.392 e. The van der Waals surface area contributed by atoms with E-state index in [-0.39, 0.29) is 10.7 Å². The summed E-state index contributed by atoms with van der Waals surface area (Å²) in [6, 6.07) is 7.14. The number of hydrogen-bond donors (Lipinski definition) is 1. The van der Waals surface area contributed by atoms with Crippen molar-refractivity contribution in [1.29, 1.82) is 0 Å². The number of halogens is 1. The van der Waals surface area contributed by atoms with Crippen molar-refractivity contribution in [2.24, 2.45) is 5.73 Å². The highest BCUT2D eigenvalue weighted by molar-refractivity contribution is 8.02. The summed E-state index contributed by atoms with van der Waals surface area (Å²) in [5, 5.41) is 0.494. The highest BCUT2D eigenvalue weighted by Crippen LogP contribution is 2.35.